The molecule has 0 saturated carbocycles. The predicted octanol–water partition coefficient (Wildman–Crippen LogP) is 3.33. The fourth-order valence-corrected chi connectivity index (χ4v) is 3.39. The van der Waals surface area contributed by atoms with Crippen LogP contribution in [0.4, 0.5) is 0 Å². The van der Waals surface area contributed by atoms with Crippen molar-refractivity contribution in [3.63, 3.8) is 0 Å². The largest absolute Gasteiger partial charge is 0.348 e. The van der Waals surface area contributed by atoms with Crippen LogP contribution in [0.1, 0.15) is 21.4 Å². The van der Waals surface area contributed by atoms with Gasteiger partial charge in [-0.3, -0.25) is 4.79 Å². The zero-order valence-electron chi connectivity index (χ0n) is 13.2. The molecule has 0 unspecified atom stereocenters. The molecule has 1 amide bonds. The molecule has 0 aliphatic heterocycles. The monoisotopic (exact) mass is 325 g/mol. The number of thiazole rings is 1. The Hall–Kier alpha value is -2.24. The molecule has 1 heterocycles. The number of likely N-dealkylation sites (N-methyl/N-ethyl adjacent to an activating group) is 1. The minimum atomic E-state index is -0.117. The minimum Gasteiger partial charge on any atom is -0.348 e. The summed E-state index contributed by atoms with van der Waals surface area (Å²) in [6.45, 7) is 0.547. The van der Waals surface area contributed by atoms with E-state index in [1.807, 2.05) is 56.6 Å². The van der Waals surface area contributed by atoms with Gasteiger partial charge in [-0.15, -0.1) is 11.3 Å². The second-order valence-electron chi connectivity index (χ2n) is 5.59. The van der Waals surface area contributed by atoms with Gasteiger partial charge in [-0.25, -0.2) is 4.98 Å². The molecule has 3 aromatic rings. The third-order valence-electron chi connectivity index (χ3n) is 3.75. The Bertz CT molecular complexity index is 765. The molecule has 4 nitrogen and oxygen atoms in total. The van der Waals surface area contributed by atoms with Crippen LogP contribution in [-0.4, -0.2) is 36.4 Å². The highest BCUT2D eigenvalue weighted by atomic mass is 32.1. The van der Waals surface area contributed by atoms with Crippen molar-refractivity contribution in [2.24, 2.45) is 0 Å². The molecule has 118 valence electrons. The number of hydrogen-bond donors (Lipinski definition) is 1. The van der Waals surface area contributed by atoms with E-state index in [-0.39, 0.29) is 11.9 Å². The number of para-hydroxylation sites is 1. The summed E-state index contributed by atoms with van der Waals surface area (Å²) in [5.41, 5.74) is 2.05. The molecule has 1 atom stereocenters. The van der Waals surface area contributed by atoms with Crippen molar-refractivity contribution in [3.05, 3.63) is 65.2 Å². The quantitative estimate of drug-likeness (QED) is 0.782. The average molecular weight is 325 g/mol. The molecule has 0 bridgehead atoms. The fraction of sp³-hybridized carbons (Fsp3) is 0.222. The molecule has 3 rings (SSSR count). The summed E-state index contributed by atoms with van der Waals surface area (Å²) in [6.07, 6.45) is 0. The highest BCUT2D eigenvalue weighted by Crippen LogP contribution is 2.22. The number of amides is 1. The maximum atomic E-state index is 12.4. The van der Waals surface area contributed by atoms with E-state index in [9.17, 15) is 4.79 Å². The summed E-state index contributed by atoms with van der Waals surface area (Å²) < 4.78 is 1.03. The summed E-state index contributed by atoms with van der Waals surface area (Å²) in [5.74, 6) is -0.117. The molecule has 5 heteroatoms. The Kier molecular flexibility index (Phi) is 4.69. The third-order valence-corrected chi connectivity index (χ3v) is 4.79. The topological polar surface area (TPSA) is 45.2 Å². The molecule has 0 fully saturated rings. The van der Waals surface area contributed by atoms with Crippen molar-refractivity contribution in [2.45, 2.75) is 6.04 Å². The van der Waals surface area contributed by atoms with E-state index in [0.717, 1.165) is 10.2 Å². The van der Waals surface area contributed by atoms with E-state index in [1.165, 1.54) is 16.9 Å². The number of nitrogens with one attached hydrogen (secondary N) is 1. The zero-order chi connectivity index (χ0) is 16.2. The summed E-state index contributed by atoms with van der Waals surface area (Å²) in [6, 6.07) is 18.1. The van der Waals surface area contributed by atoms with E-state index in [1.54, 1.807) is 0 Å². The van der Waals surface area contributed by atoms with Crippen molar-refractivity contribution in [3.8, 4) is 0 Å². The number of aromatic nitrogens is 1. The van der Waals surface area contributed by atoms with Crippen molar-refractivity contribution in [2.75, 3.05) is 20.6 Å². The Balaban J connectivity index is 1.71. The molecule has 0 spiro atoms. The van der Waals surface area contributed by atoms with Crippen LogP contribution in [0.2, 0.25) is 0 Å². The molecular weight excluding hydrogens is 306 g/mol. The summed E-state index contributed by atoms with van der Waals surface area (Å²) in [5, 5.41) is 3.52. The van der Waals surface area contributed by atoms with Crippen LogP contribution >= 0.6 is 11.3 Å². The minimum absolute atomic E-state index is 0.117. The predicted molar refractivity (Wildman–Crippen MR) is 94.8 cm³/mol. The van der Waals surface area contributed by atoms with Gasteiger partial charge in [0.05, 0.1) is 16.3 Å². The van der Waals surface area contributed by atoms with Crippen molar-refractivity contribution >= 4 is 27.5 Å². The van der Waals surface area contributed by atoms with Gasteiger partial charge in [0.15, 0.2) is 5.01 Å². The lowest BCUT2D eigenvalue weighted by Crippen LogP contribution is -2.34. The standard InChI is InChI=1S/C18H19N3OS/c1-21(2)15(13-8-4-3-5-9-13)12-19-17(22)18-20-14-10-6-7-11-16(14)23-18/h3-11,15H,12H2,1-2H3,(H,19,22)/t15-/m1/s1. The second-order valence-corrected chi connectivity index (χ2v) is 6.62. The van der Waals surface area contributed by atoms with Crippen LogP contribution < -0.4 is 5.32 Å². The van der Waals surface area contributed by atoms with Crippen LogP contribution in [0.5, 0.6) is 0 Å². The molecule has 0 aliphatic rings. The van der Waals surface area contributed by atoms with E-state index >= 15 is 0 Å². The Labute approximate surface area is 139 Å². The smallest absolute Gasteiger partial charge is 0.280 e. The summed E-state index contributed by atoms with van der Waals surface area (Å²) in [4.78, 5) is 18.9. The van der Waals surface area contributed by atoms with Crippen LogP contribution in [0.15, 0.2) is 54.6 Å². The number of carbonyl (C=O) groups excluding carboxylic acids is 1. The SMILES string of the molecule is CN(C)[C@H](CNC(=O)c1nc2ccccc2s1)c1ccccc1. The van der Waals surface area contributed by atoms with Gasteiger partial charge < -0.3 is 10.2 Å². The lowest BCUT2D eigenvalue weighted by molar-refractivity contribution is 0.0941. The van der Waals surface area contributed by atoms with Gasteiger partial charge in [0.25, 0.3) is 5.91 Å². The first-order chi connectivity index (χ1) is 11.1. The third kappa shape index (κ3) is 3.57. The Morgan fingerprint density at radius 1 is 1.13 bits per heavy atom. The normalized spacial score (nSPS) is 12.5. The highest BCUT2D eigenvalue weighted by Gasteiger charge is 2.17. The maximum absolute atomic E-state index is 12.4. The van der Waals surface area contributed by atoms with E-state index in [2.05, 4.69) is 27.3 Å². The fourth-order valence-electron chi connectivity index (χ4n) is 2.51. The number of nitrogens with zero attached hydrogens (tertiary/aromatic N) is 2. The Morgan fingerprint density at radius 3 is 2.52 bits per heavy atom. The molecular formula is C18H19N3OS. The van der Waals surface area contributed by atoms with Crippen LogP contribution in [0.3, 0.4) is 0 Å². The number of fused-ring (bicyclic) bond motifs is 1. The first-order valence-electron chi connectivity index (χ1n) is 7.50. The second kappa shape index (κ2) is 6.89. The zero-order valence-corrected chi connectivity index (χ0v) is 14.0. The van der Waals surface area contributed by atoms with Crippen LogP contribution in [0, 0.1) is 0 Å². The molecule has 0 saturated heterocycles. The van der Waals surface area contributed by atoms with Gasteiger partial charge >= 0.3 is 0 Å². The summed E-state index contributed by atoms with van der Waals surface area (Å²) >= 11 is 1.42. The maximum Gasteiger partial charge on any atom is 0.280 e. The van der Waals surface area contributed by atoms with Gasteiger partial charge in [-0.2, -0.15) is 0 Å². The first kappa shape index (κ1) is 15.6. The molecule has 0 aliphatic carbocycles. The number of benzene rings is 2. The van der Waals surface area contributed by atoms with E-state index < -0.39 is 0 Å². The molecule has 23 heavy (non-hydrogen) atoms. The molecule has 1 aromatic heterocycles. The summed E-state index contributed by atoms with van der Waals surface area (Å²) in [7, 11) is 4.03. The highest BCUT2D eigenvalue weighted by molar-refractivity contribution is 7.20. The number of rotatable bonds is 5. The first-order valence-corrected chi connectivity index (χ1v) is 8.32. The van der Waals surface area contributed by atoms with Crippen molar-refractivity contribution in [1.82, 2.24) is 15.2 Å². The van der Waals surface area contributed by atoms with Gasteiger partial charge in [-0.05, 0) is 31.8 Å². The van der Waals surface area contributed by atoms with Gasteiger partial charge in [0, 0.05) is 6.54 Å². The van der Waals surface area contributed by atoms with Crippen molar-refractivity contribution in [1.29, 1.82) is 0 Å². The van der Waals surface area contributed by atoms with Crippen LogP contribution in [-0.2, 0) is 0 Å². The van der Waals surface area contributed by atoms with Crippen LogP contribution in [0.25, 0.3) is 10.2 Å². The van der Waals surface area contributed by atoms with Crippen molar-refractivity contribution < 1.29 is 4.79 Å². The van der Waals surface area contributed by atoms with Gasteiger partial charge in [-0.1, -0.05) is 42.5 Å². The van der Waals surface area contributed by atoms with Gasteiger partial charge in [0.1, 0.15) is 0 Å². The number of carbonyl (C=O) groups is 1. The molecule has 2 aromatic carbocycles. The molecule has 0 radical (unpaired) electrons. The average Bonchev–Trinajstić information content (AvgIpc) is 2.99. The van der Waals surface area contributed by atoms with E-state index in [0.29, 0.717) is 11.6 Å². The lowest BCUT2D eigenvalue weighted by atomic mass is 10.1. The number of hydrogen-bond acceptors (Lipinski definition) is 4. The van der Waals surface area contributed by atoms with E-state index in [4.69, 9.17) is 0 Å². The molecule has 1 N–H and O–H groups in total. The Morgan fingerprint density at radius 2 is 1.83 bits per heavy atom. The van der Waals surface area contributed by atoms with Gasteiger partial charge in [0.2, 0.25) is 0 Å². The lowest BCUT2D eigenvalue weighted by Gasteiger charge is -2.24.